The Morgan fingerprint density at radius 3 is 2.85 bits per heavy atom. The summed E-state index contributed by atoms with van der Waals surface area (Å²) in [6, 6.07) is 12.1. The quantitative estimate of drug-likeness (QED) is 0.517. The Morgan fingerprint density at radius 1 is 0.926 bits per heavy atom. The number of rotatable bonds is 2. The molecule has 0 bridgehead atoms. The molecule has 0 spiro atoms. The smallest absolute Gasteiger partial charge is 0.140 e. The number of aromatic amines is 1. The van der Waals surface area contributed by atoms with Crippen molar-refractivity contribution >= 4 is 22.2 Å². The fourth-order valence-corrected chi connectivity index (χ4v) is 3.33. The molecule has 6 aromatic rings. The molecule has 0 atom stereocenters. The van der Waals surface area contributed by atoms with Crippen LogP contribution in [0, 0.1) is 0 Å². The summed E-state index contributed by atoms with van der Waals surface area (Å²) in [6.07, 6.45) is 11.3. The molecule has 6 heterocycles. The van der Waals surface area contributed by atoms with E-state index in [0.717, 1.165) is 44.8 Å². The lowest BCUT2D eigenvalue weighted by molar-refractivity contribution is 0.964. The van der Waals surface area contributed by atoms with E-state index < -0.39 is 0 Å². The number of H-pyrrole nitrogens is 1. The Kier molecular flexibility index (Phi) is 2.76. The predicted octanol–water partition coefficient (Wildman–Crippen LogP) is 3.59. The standard InChI is InChI=1S/C20H13N7/c1-3-15-9-17(13-2-4-19-22-7-8-26(19)11-13)25-27(15)12-14(1)20-23-16-5-6-21-10-18(16)24-20/h1-12H,(H,23,24). The van der Waals surface area contributed by atoms with Gasteiger partial charge in [0, 0.05) is 42.1 Å². The van der Waals surface area contributed by atoms with Crippen LogP contribution in [-0.2, 0) is 0 Å². The van der Waals surface area contributed by atoms with E-state index >= 15 is 0 Å². The van der Waals surface area contributed by atoms with Crippen LogP contribution < -0.4 is 0 Å². The zero-order valence-electron chi connectivity index (χ0n) is 14.1. The summed E-state index contributed by atoms with van der Waals surface area (Å²) in [7, 11) is 0. The maximum Gasteiger partial charge on any atom is 0.140 e. The molecule has 6 rings (SSSR count). The number of imidazole rings is 2. The van der Waals surface area contributed by atoms with Gasteiger partial charge in [0.15, 0.2) is 0 Å². The van der Waals surface area contributed by atoms with Crippen LogP contribution in [-0.4, -0.2) is 34.0 Å². The molecule has 128 valence electrons. The van der Waals surface area contributed by atoms with E-state index in [2.05, 4.69) is 26.0 Å². The topological polar surface area (TPSA) is 76.2 Å². The Bertz CT molecular complexity index is 1400. The van der Waals surface area contributed by atoms with Gasteiger partial charge in [0.1, 0.15) is 11.5 Å². The van der Waals surface area contributed by atoms with E-state index in [1.807, 2.05) is 57.8 Å². The number of nitrogens with zero attached hydrogens (tertiary/aromatic N) is 6. The second-order valence-corrected chi connectivity index (χ2v) is 6.41. The van der Waals surface area contributed by atoms with Crippen LogP contribution in [0.1, 0.15) is 0 Å². The van der Waals surface area contributed by atoms with Gasteiger partial charge in [-0.15, -0.1) is 0 Å². The average molecular weight is 351 g/mol. The summed E-state index contributed by atoms with van der Waals surface area (Å²) in [5.41, 5.74) is 6.69. The molecule has 0 aliphatic heterocycles. The molecule has 0 saturated heterocycles. The molecule has 0 saturated carbocycles. The fraction of sp³-hybridized carbons (Fsp3) is 0. The van der Waals surface area contributed by atoms with Crippen molar-refractivity contribution in [2.45, 2.75) is 0 Å². The molecule has 0 fully saturated rings. The van der Waals surface area contributed by atoms with E-state index in [-0.39, 0.29) is 0 Å². The molecule has 0 radical (unpaired) electrons. The summed E-state index contributed by atoms with van der Waals surface area (Å²) in [5, 5.41) is 4.74. The summed E-state index contributed by atoms with van der Waals surface area (Å²) in [5.74, 6) is 0.803. The van der Waals surface area contributed by atoms with Crippen molar-refractivity contribution < 1.29 is 0 Å². The molecule has 7 heteroatoms. The monoisotopic (exact) mass is 351 g/mol. The van der Waals surface area contributed by atoms with Gasteiger partial charge in [-0.3, -0.25) is 4.98 Å². The number of nitrogens with one attached hydrogen (secondary N) is 1. The normalized spacial score (nSPS) is 11.7. The Morgan fingerprint density at radius 2 is 1.89 bits per heavy atom. The van der Waals surface area contributed by atoms with Gasteiger partial charge in [0.25, 0.3) is 0 Å². The first-order chi connectivity index (χ1) is 13.3. The van der Waals surface area contributed by atoms with Gasteiger partial charge in [-0.1, -0.05) is 0 Å². The molecular weight excluding hydrogens is 338 g/mol. The van der Waals surface area contributed by atoms with E-state index in [1.54, 1.807) is 18.6 Å². The lowest BCUT2D eigenvalue weighted by Gasteiger charge is -1.99. The van der Waals surface area contributed by atoms with Gasteiger partial charge in [-0.2, -0.15) is 5.10 Å². The van der Waals surface area contributed by atoms with Crippen LogP contribution in [0.3, 0.4) is 0 Å². The molecule has 27 heavy (non-hydrogen) atoms. The molecule has 0 aliphatic rings. The van der Waals surface area contributed by atoms with Crippen LogP contribution in [0.2, 0.25) is 0 Å². The summed E-state index contributed by atoms with van der Waals surface area (Å²) in [4.78, 5) is 16.4. The van der Waals surface area contributed by atoms with E-state index in [4.69, 9.17) is 5.10 Å². The van der Waals surface area contributed by atoms with Gasteiger partial charge in [-0.05, 0) is 36.4 Å². The molecule has 0 unspecified atom stereocenters. The van der Waals surface area contributed by atoms with Crippen LogP contribution in [0.25, 0.3) is 44.8 Å². The molecule has 0 amide bonds. The summed E-state index contributed by atoms with van der Waals surface area (Å²) < 4.78 is 3.88. The molecule has 1 N–H and O–H groups in total. The van der Waals surface area contributed by atoms with Crippen LogP contribution in [0.5, 0.6) is 0 Å². The maximum atomic E-state index is 4.74. The third kappa shape index (κ3) is 2.22. The number of hydrogen-bond acceptors (Lipinski definition) is 4. The van der Waals surface area contributed by atoms with Crippen LogP contribution in [0.15, 0.2) is 73.6 Å². The zero-order valence-corrected chi connectivity index (χ0v) is 14.1. The highest BCUT2D eigenvalue weighted by molar-refractivity contribution is 5.78. The minimum atomic E-state index is 0.803. The molecule has 7 nitrogen and oxygen atoms in total. The van der Waals surface area contributed by atoms with Gasteiger partial charge >= 0.3 is 0 Å². The highest BCUT2D eigenvalue weighted by Gasteiger charge is 2.09. The fourth-order valence-electron chi connectivity index (χ4n) is 3.33. The van der Waals surface area contributed by atoms with E-state index in [0.29, 0.717) is 0 Å². The number of aromatic nitrogens is 7. The third-order valence-electron chi connectivity index (χ3n) is 4.70. The van der Waals surface area contributed by atoms with Gasteiger partial charge in [-0.25, -0.2) is 14.5 Å². The van der Waals surface area contributed by atoms with Crippen LogP contribution in [0.4, 0.5) is 0 Å². The SMILES string of the molecule is c1cc2nc(-c3ccc4cc(-c5ccc6nccn6c5)nn4c3)[nH]c2cn1. The van der Waals surface area contributed by atoms with Gasteiger partial charge < -0.3 is 9.38 Å². The Balaban J connectivity index is 1.46. The van der Waals surface area contributed by atoms with Gasteiger partial charge in [0.05, 0.1) is 28.4 Å². The third-order valence-corrected chi connectivity index (χ3v) is 4.70. The first kappa shape index (κ1) is 14.2. The molecule has 0 aromatic carbocycles. The molecular formula is C20H13N7. The highest BCUT2D eigenvalue weighted by Crippen LogP contribution is 2.24. The second kappa shape index (κ2) is 5.25. The maximum absolute atomic E-state index is 4.74. The van der Waals surface area contributed by atoms with Crippen molar-refractivity contribution in [3.05, 3.63) is 73.6 Å². The minimum Gasteiger partial charge on any atom is -0.337 e. The van der Waals surface area contributed by atoms with Crippen molar-refractivity contribution in [3.8, 4) is 22.6 Å². The van der Waals surface area contributed by atoms with E-state index in [1.165, 1.54) is 0 Å². The minimum absolute atomic E-state index is 0.803. The van der Waals surface area contributed by atoms with Crippen molar-refractivity contribution in [3.63, 3.8) is 0 Å². The Labute approximate surface area is 153 Å². The Hall–Kier alpha value is -4.00. The summed E-state index contributed by atoms with van der Waals surface area (Å²) >= 11 is 0. The molecule has 0 aliphatic carbocycles. The number of hydrogen-bond donors (Lipinski definition) is 1. The molecule has 6 aromatic heterocycles. The van der Waals surface area contributed by atoms with Crippen LogP contribution >= 0.6 is 0 Å². The summed E-state index contributed by atoms with van der Waals surface area (Å²) in [6.45, 7) is 0. The van der Waals surface area contributed by atoms with Crippen molar-refractivity contribution in [2.24, 2.45) is 0 Å². The van der Waals surface area contributed by atoms with E-state index in [9.17, 15) is 0 Å². The predicted molar refractivity (Wildman–Crippen MR) is 102 cm³/mol. The highest BCUT2D eigenvalue weighted by atomic mass is 15.2. The van der Waals surface area contributed by atoms with Crippen molar-refractivity contribution in [1.82, 2.24) is 34.0 Å². The largest absolute Gasteiger partial charge is 0.337 e. The zero-order chi connectivity index (χ0) is 17.8. The first-order valence-corrected chi connectivity index (χ1v) is 8.56. The van der Waals surface area contributed by atoms with Crippen molar-refractivity contribution in [2.75, 3.05) is 0 Å². The lowest BCUT2D eigenvalue weighted by Crippen LogP contribution is -1.90. The second-order valence-electron chi connectivity index (χ2n) is 6.41. The number of fused-ring (bicyclic) bond motifs is 3. The average Bonchev–Trinajstić information content (AvgIpc) is 3.42. The van der Waals surface area contributed by atoms with Gasteiger partial charge in [0.2, 0.25) is 0 Å². The van der Waals surface area contributed by atoms with Crippen molar-refractivity contribution in [1.29, 1.82) is 0 Å². The first-order valence-electron chi connectivity index (χ1n) is 8.56. The number of pyridine rings is 3. The lowest BCUT2D eigenvalue weighted by atomic mass is 10.2.